The molecule has 2 aromatic rings. The maximum Gasteiger partial charge on any atom is 0.161 e. The SMILES string of the molecule is CC(C)N1CCC(c2nnc3cc(CN)ccn23)CC1. The topological polar surface area (TPSA) is 59.5 Å². The Kier molecular flexibility index (Phi) is 3.72. The average molecular weight is 273 g/mol. The van der Waals surface area contributed by atoms with E-state index in [-0.39, 0.29) is 0 Å². The van der Waals surface area contributed by atoms with Crippen molar-refractivity contribution in [2.24, 2.45) is 5.73 Å². The summed E-state index contributed by atoms with van der Waals surface area (Å²) >= 11 is 0. The van der Waals surface area contributed by atoms with Crippen molar-refractivity contribution >= 4 is 5.65 Å². The molecule has 0 atom stereocenters. The van der Waals surface area contributed by atoms with Gasteiger partial charge in [0.15, 0.2) is 5.65 Å². The van der Waals surface area contributed by atoms with Gasteiger partial charge in [-0.2, -0.15) is 0 Å². The summed E-state index contributed by atoms with van der Waals surface area (Å²) in [5.41, 5.74) is 7.69. The Bertz CT molecular complexity index is 581. The van der Waals surface area contributed by atoms with Crippen LogP contribution in [0.3, 0.4) is 0 Å². The molecule has 0 amide bonds. The largest absolute Gasteiger partial charge is 0.326 e. The zero-order chi connectivity index (χ0) is 14.1. The Labute approximate surface area is 119 Å². The molecule has 0 spiro atoms. The standard InChI is InChI=1S/C15H23N5/c1-11(2)19-6-4-13(5-7-19)15-18-17-14-9-12(10-16)3-8-20(14)15/h3,8-9,11,13H,4-7,10,16H2,1-2H3. The Hall–Kier alpha value is -1.46. The van der Waals surface area contributed by atoms with E-state index in [9.17, 15) is 0 Å². The molecular formula is C15H23N5. The van der Waals surface area contributed by atoms with Crippen molar-refractivity contribution < 1.29 is 0 Å². The molecule has 1 aliphatic rings. The van der Waals surface area contributed by atoms with Gasteiger partial charge in [-0.1, -0.05) is 0 Å². The Morgan fingerprint density at radius 1 is 1.30 bits per heavy atom. The summed E-state index contributed by atoms with van der Waals surface area (Å²) in [4.78, 5) is 2.53. The van der Waals surface area contributed by atoms with Gasteiger partial charge in [0.1, 0.15) is 5.82 Å². The van der Waals surface area contributed by atoms with E-state index in [2.05, 4.69) is 45.6 Å². The number of aromatic nitrogens is 3. The summed E-state index contributed by atoms with van der Waals surface area (Å²) in [6.07, 6.45) is 4.39. The number of likely N-dealkylation sites (tertiary alicyclic amines) is 1. The van der Waals surface area contributed by atoms with E-state index in [1.165, 1.54) is 0 Å². The number of rotatable bonds is 3. The van der Waals surface area contributed by atoms with Gasteiger partial charge in [-0.3, -0.25) is 4.40 Å². The third-order valence-electron chi connectivity index (χ3n) is 4.36. The summed E-state index contributed by atoms with van der Waals surface area (Å²) in [5, 5.41) is 8.72. The molecule has 0 radical (unpaired) electrons. The maximum atomic E-state index is 5.67. The molecule has 0 aromatic carbocycles. The van der Waals surface area contributed by atoms with Crippen LogP contribution in [0, 0.1) is 0 Å². The van der Waals surface area contributed by atoms with Crippen LogP contribution in [0.4, 0.5) is 0 Å². The maximum absolute atomic E-state index is 5.67. The molecular weight excluding hydrogens is 250 g/mol. The van der Waals surface area contributed by atoms with Crippen molar-refractivity contribution in [1.82, 2.24) is 19.5 Å². The van der Waals surface area contributed by atoms with Crippen LogP contribution < -0.4 is 5.73 Å². The van der Waals surface area contributed by atoms with Gasteiger partial charge < -0.3 is 10.6 Å². The number of piperidine rings is 1. The molecule has 0 unspecified atom stereocenters. The predicted molar refractivity (Wildman–Crippen MR) is 79.6 cm³/mol. The van der Waals surface area contributed by atoms with E-state index in [0.29, 0.717) is 18.5 Å². The summed E-state index contributed by atoms with van der Waals surface area (Å²) in [5.74, 6) is 1.62. The van der Waals surface area contributed by atoms with Gasteiger partial charge in [0.05, 0.1) is 0 Å². The average Bonchev–Trinajstić information content (AvgIpc) is 2.90. The number of hydrogen-bond acceptors (Lipinski definition) is 4. The molecule has 5 heteroatoms. The van der Waals surface area contributed by atoms with Gasteiger partial charge in [0.2, 0.25) is 0 Å². The molecule has 0 bridgehead atoms. The minimum Gasteiger partial charge on any atom is -0.326 e. The number of fused-ring (bicyclic) bond motifs is 1. The van der Waals surface area contributed by atoms with Crippen LogP contribution in [0.1, 0.15) is 44.0 Å². The van der Waals surface area contributed by atoms with Crippen molar-refractivity contribution in [3.8, 4) is 0 Å². The lowest BCUT2D eigenvalue weighted by molar-refractivity contribution is 0.169. The van der Waals surface area contributed by atoms with E-state index < -0.39 is 0 Å². The van der Waals surface area contributed by atoms with Crippen molar-refractivity contribution in [3.05, 3.63) is 29.7 Å². The summed E-state index contributed by atoms with van der Waals surface area (Å²) in [6, 6.07) is 4.72. The van der Waals surface area contributed by atoms with Crippen LogP contribution in [-0.2, 0) is 6.54 Å². The van der Waals surface area contributed by atoms with E-state index in [4.69, 9.17) is 5.73 Å². The van der Waals surface area contributed by atoms with Crippen molar-refractivity contribution in [2.45, 2.75) is 45.2 Å². The fourth-order valence-electron chi connectivity index (χ4n) is 3.03. The van der Waals surface area contributed by atoms with E-state index in [1.54, 1.807) is 0 Å². The highest BCUT2D eigenvalue weighted by Gasteiger charge is 2.25. The summed E-state index contributed by atoms with van der Waals surface area (Å²) in [6.45, 7) is 7.38. The fraction of sp³-hybridized carbons (Fsp3) is 0.600. The molecule has 1 saturated heterocycles. The fourth-order valence-corrected chi connectivity index (χ4v) is 3.03. The molecule has 5 nitrogen and oxygen atoms in total. The molecule has 1 aliphatic heterocycles. The lowest BCUT2D eigenvalue weighted by Gasteiger charge is -2.33. The number of pyridine rings is 1. The molecule has 3 heterocycles. The molecule has 0 saturated carbocycles. The second-order valence-electron chi connectivity index (χ2n) is 5.93. The van der Waals surface area contributed by atoms with E-state index in [0.717, 1.165) is 43.0 Å². The number of nitrogens with two attached hydrogens (primary N) is 1. The minimum atomic E-state index is 0.517. The van der Waals surface area contributed by atoms with Gasteiger partial charge in [-0.25, -0.2) is 0 Å². The first kappa shape index (κ1) is 13.5. The zero-order valence-electron chi connectivity index (χ0n) is 12.3. The minimum absolute atomic E-state index is 0.517. The highest BCUT2D eigenvalue weighted by Crippen LogP contribution is 2.28. The number of nitrogens with zero attached hydrogens (tertiary/aromatic N) is 4. The first-order valence-corrected chi connectivity index (χ1v) is 7.46. The highest BCUT2D eigenvalue weighted by atomic mass is 15.3. The third kappa shape index (κ3) is 2.43. The zero-order valence-corrected chi connectivity index (χ0v) is 12.3. The third-order valence-corrected chi connectivity index (χ3v) is 4.36. The van der Waals surface area contributed by atoms with Crippen molar-refractivity contribution in [1.29, 1.82) is 0 Å². The second kappa shape index (κ2) is 5.50. The number of hydrogen-bond donors (Lipinski definition) is 1. The molecule has 3 rings (SSSR count). The quantitative estimate of drug-likeness (QED) is 0.926. The molecule has 2 aromatic heterocycles. The molecule has 0 aliphatic carbocycles. The Balaban J connectivity index is 1.81. The highest BCUT2D eigenvalue weighted by molar-refractivity contribution is 5.41. The first-order valence-electron chi connectivity index (χ1n) is 7.46. The van der Waals surface area contributed by atoms with Gasteiger partial charge in [-0.15, -0.1) is 10.2 Å². The van der Waals surface area contributed by atoms with Crippen molar-refractivity contribution in [3.63, 3.8) is 0 Å². The van der Waals surface area contributed by atoms with Crippen LogP contribution in [0.25, 0.3) is 5.65 Å². The summed E-state index contributed by atoms with van der Waals surface area (Å²) < 4.78 is 2.12. The van der Waals surface area contributed by atoms with Gasteiger partial charge in [0, 0.05) is 24.7 Å². The van der Waals surface area contributed by atoms with Crippen LogP contribution in [-0.4, -0.2) is 38.6 Å². The first-order chi connectivity index (χ1) is 9.69. The lowest BCUT2D eigenvalue weighted by atomic mass is 9.95. The Morgan fingerprint density at radius 2 is 2.05 bits per heavy atom. The van der Waals surface area contributed by atoms with E-state index in [1.807, 2.05) is 6.07 Å². The smallest absolute Gasteiger partial charge is 0.161 e. The van der Waals surface area contributed by atoms with Crippen LogP contribution in [0.5, 0.6) is 0 Å². The van der Waals surface area contributed by atoms with Crippen LogP contribution in [0.2, 0.25) is 0 Å². The molecule has 20 heavy (non-hydrogen) atoms. The monoisotopic (exact) mass is 273 g/mol. The van der Waals surface area contributed by atoms with Crippen LogP contribution in [0.15, 0.2) is 18.3 Å². The van der Waals surface area contributed by atoms with Gasteiger partial charge >= 0.3 is 0 Å². The van der Waals surface area contributed by atoms with Gasteiger partial charge in [0.25, 0.3) is 0 Å². The predicted octanol–water partition coefficient (Wildman–Crippen LogP) is 1.78. The van der Waals surface area contributed by atoms with Crippen molar-refractivity contribution in [2.75, 3.05) is 13.1 Å². The molecule has 2 N–H and O–H groups in total. The van der Waals surface area contributed by atoms with E-state index >= 15 is 0 Å². The molecule has 1 fully saturated rings. The van der Waals surface area contributed by atoms with Crippen LogP contribution >= 0.6 is 0 Å². The second-order valence-corrected chi connectivity index (χ2v) is 5.93. The lowest BCUT2D eigenvalue weighted by Crippen LogP contribution is -2.38. The van der Waals surface area contributed by atoms with Gasteiger partial charge in [-0.05, 0) is 57.5 Å². The summed E-state index contributed by atoms with van der Waals surface area (Å²) in [7, 11) is 0. The molecule has 108 valence electrons. The Morgan fingerprint density at radius 3 is 2.70 bits per heavy atom. The normalized spacial score (nSPS) is 18.2.